The number of nitrogens with one attached hydrogen (secondary N) is 1. The Morgan fingerprint density at radius 1 is 1.15 bits per heavy atom. The van der Waals surface area contributed by atoms with Gasteiger partial charge in [-0.15, -0.1) is 0 Å². The van der Waals surface area contributed by atoms with Gasteiger partial charge in [0.2, 0.25) is 5.91 Å². The van der Waals surface area contributed by atoms with Gasteiger partial charge in [-0.2, -0.15) is 0 Å². The highest BCUT2D eigenvalue weighted by atomic mass is 16.5. The summed E-state index contributed by atoms with van der Waals surface area (Å²) >= 11 is 0. The van der Waals surface area contributed by atoms with Gasteiger partial charge in [-0.1, -0.05) is 42.5 Å². The van der Waals surface area contributed by atoms with E-state index in [-0.39, 0.29) is 18.4 Å². The highest BCUT2D eigenvalue weighted by Crippen LogP contribution is 2.26. The smallest absolute Gasteiger partial charge is 0.248 e. The van der Waals surface area contributed by atoms with Crippen LogP contribution in [-0.4, -0.2) is 40.5 Å². The number of H-pyrrole nitrogens is 1. The normalized spacial score (nSPS) is 17.5. The number of ether oxygens (including phenoxy) is 1. The van der Waals surface area contributed by atoms with Gasteiger partial charge in [0, 0.05) is 19.0 Å². The number of imidazole rings is 1. The minimum Gasteiger partial charge on any atom is -0.367 e. The van der Waals surface area contributed by atoms with Crippen LogP contribution in [-0.2, 0) is 16.1 Å². The summed E-state index contributed by atoms with van der Waals surface area (Å²) in [7, 11) is 0. The molecule has 0 bridgehead atoms. The van der Waals surface area contributed by atoms with Gasteiger partial charge in [0.1, 0.15) is 12.4 Å². The first-order chi connectivity index (χ1) is 12.8. The van der Waals surface area contributed by atoms with Crippen LogP contribution in [0.4, 0.5) is 0 Å². The molecule has 1 amide bonds. The maximum absolute atomic E-state index is 12.5. The van der Waals surface area contributed by atoms with Crippen molar-refractivity contribution in [3.8, 4) is 0 Å². The van der Waals surface area contributed by atoms with Crippen molar-refractivity contribution in [1.82, 2.24) is 14.9 Å². The molecule has 26 heavy (non-hydrogen) atoms. The Labute approximate surface area is 153 Å². The molecule has 0 aliphatic carbocycles. The van der Waals surface area contributed by atoms with Crippen LogP contribution in [0.25, 0.3) is 11.0 Å². The Balaban J connectivity index is 1.34. The molecule has 1 aromatic heterocycles. The number of hydrogen-bond acceptors (Lipinski definition) is 3. The fourth-order valence-electron chi connectivity index (χ4n) is 3.51. The summed E-state index contributed by atoms with van der Waals surface area (Å²) in [6.45, 7) is 2.09. The number of aromatic nitrogens is 2. The van der Waals surface area contributed by atoms with E-state index in [0.29, 0.717) is 13.2 Å². The zero-order valence-electron chi connectivity index (χ0n) is 14.7. The molecule has 1 aliphatic rings. The minimum absolute atomic E-state index is 0.0572. The molecule has 2 aromatic carbocycles. The summed E-state index contributed by atoms with van der Waals surface area (Å²) in [4.78, 5) is 22.5. The Bertz CT molecular complexity index is 842. The van der Waals surface area contributed by atoms with Gasteiger partial charge >= 0.3 is 0 Å². The average Bonchev–Trinajstić information content (AvgIpc) is 3.13. The van der Waals surface area contributed by atoms with Crippen molar-refractivity contribution in [2.75, 3.05) is 19.7 Å². The first kappa shape index (κ1) is 16.8. The van der Waals surface area contributed by atoms with Crippen molar-refractivity contribution in [3.63, 3.8) is 0 Å². The molecule has 1 saturated heterocycles. The van der Waals surface area contributed by atoms with E-state index in [9.17, 15) is 4.79 Å². The lowest BCUT2D eigenvalue weighted by Crippen LogP contribution is -2.41. The van der Waals surface area contributed by atoms with Crippen molar-refractivity contribution in [1.29, 1.82) is 0 Å². The van der Waals surface area contributed by atoms with Crippen LogP contribution in [0.2, 0.25) is 0 Å². The van der Waals surface area contributed by atoms with Gasteiger partial charge < -0.3 is 14.6 Å². The third-order valence-electron chi connectivity index (χ3n) is 4.91. The summed E-state index contributed by atoms with van der Waals surface area (Å²) in [5.74, 6) is 1.30. The number of carbonyl (C=O) groups is 1. The number of hydrogen-bond donors (Lipinski definition) is 1. The van der Waals surface area contributed by atoms with Crippen LogP contribution in [0.5, 0.6) is 0 Å². The second kappa shape index (κ2) is 7.70. The van der Waals surface area contributed by atoms with Crippen LogP contribution >= 0.6 is 0 Å². The standard InChI is InChI=1S/C21H23N3O2/c25-20(15-26-14-16-7-2-1-3-8-16)24-12-6-9-17(13-24)21-22-18-10-4-5-11-19(18)23-21/h1-5,7-8,10-11,17H,6,9,12-15H2,(H,22,23). The number of likely N-dealkylation sites (tertiary alicyclic amines) is 1. The summed E-state index contributed by atoms with van der Waals surface area (Å²) in [5, 5.41) is 0. The van der Waals surface area contributed by atoms with Gasteiger partial charge in [-0.25, -0.2) is 4.98 Å². The molecular weight excluding hydrogens is 326 g/mol. The molecule has 0 saturated carbocycles. The molecule has 5 nitrogen and oxygen atoms in total. The highest BCUT2D eigenvalue weighted by Gasteiger charge is 2.26. The Morgan fingerprint density at radius 3 is 2.81 bits per heavy atom. The van der Waals surface area contributed by atoms with Crippen molar-refractivity contribution in [2.45, 2.75) is 25.4 Å². The summed E-state index contributed by atoms with van der Waals surface area (Å²) in [6.07, 6.45) is 2.04. The van der Waals surface area contributed by atoms with E-state index < -0.39 is 0 Å². The second-order valence-corrected chi connectivity index (χ2v) is 6.80. The number of piperidine rings is 1. The SMILES string of the molecule is O=C(COCc1ccccc1)N1CCCC(c2nc3ccccc3[nH]2)C1. The Hall–Kier alpha value is -2.66. The van der Waals surface area contributed by atoms with Crippen molar-refractivity contribution < 1.29 is 9.53 Å². The van der Waals surface area contributed by atoms with Gasteiger partial charge in [-0.05, 0) is 30.5 Å². The monoisotopic (exact) mass is 349 g/mol. The Morgan fingerprint density at radius 2 is 1.96 bits per heavy atom. The first-order valence-electron chi connectivity index (χ1n) is 9.14. The zero-order chi connectivity index (χ0) is 17.8. The molecule has 134 valence electrons. The molecule has 4 rings (SSSR count). The number of nitrogens with zero attached hydrogens (tertiary/aromatic N) is 2. The van der Waals surface area contributed by atoms with Crippen LogP contribution in [0, 0.1) is 0 Å². The van der Waals surface area contributed by atoms with E-state index in [1.54, 1.807) is 0 Å². The number of fused-ring (bicyclic) bond motifs is 1. The van der Waals surface area contributed by atoms with Gasteiger partial charge in [0.15, 0.2) is 0 Å². The number of para-hydroxylation sites is 2. The quantitative estimate of drug-likeness (QED) is 0.767. The molecular formula is C21H23N3O2. The second-order valence-electron chi connectivity index (χ2n) is 6.80. The van der Waals surface area contributed by atoms with Crippen LogP contribution < -0.4 is 0 Å². The van der Waals surface area contributed by atoms with Crippen LogP contribution in [0.1, 0.15) is 30.1 Å². The molecule has 1 atom stereocenters. The van der Waals surface area contributed by atoms with Crippen LogP contribution in [0.3, 0.4) is 0 Å². The largest absolute Gasteiger partial charge is 0.367 e. The molecule has 1 unspecified atom stereocenters. The molecule has 1 N–H and O–H groups in total. The predicted molar refractivity (Wildman–Crippen MR) is 101 cm³/mol. The number of aromatic amines is 1. The third kappa shape index (κ3) is 3.78. The van der Waals surface area contributed by atoms with Gasteiger partial charge in [0.25, 0.3) is 0 Å². The minimum atomic E-state index is 0.0572. The summed E-state index contributed by atoms with van der Waals surface area (Å²) in [5.41, 5.74) is 3.12. The number of carbonyl (C=O) groups excluding carboxylic acids is 1. The van der Waals surface area contributed by atoms with Gasteiger partial charge in [-0.3, -0.25) is 4.79 Å². The lowest BCUT2D eigenvalue weighted by atomic mass is 9.97. The third-order valence-corrected chi connectivity index (χ3v) is 4.91. The zero-order valence-corrected chi connectivity index (χ0v) is 14.7. The average molecular weight is 349 g/mol. The molecule has 1 fully saturated rings. The molecule has 1 aliphatic heterocycles. The van der Waals surface area contributed by atoms with Crippen molar-refractivity contribution in [3.05, 3.63) is 66.0 Å². The maximum Gasteiger partial charge on any atom is 0.248 e. The van der Waals surface area contributed by atoms with E-state index >= 15 is 0 Å². The van der Waals surface area contributed by atoms with Gasteiger partial charge in [0.05, 0.1) is 17.6 Å². The predicted octanol–water partition coefficient (Wildman–Crippen LogP) is 3.49. The lowest BCUT2D eigenvalue weighted by molar-refractivity contribution is -0.137. The topological polar surface area (TPSA) is 58.2 Å². The van der Waals surface area contributed by atoms with E-state index in [2.05, 4.69) is 4.98 Å². The number of benzene rings is 2. The molecule has 0 radical (unpaired) electrons. The lowest BCUT2D eigenvalue weighted by Gasteiger charge is -2.31. The van der Waals surface area contributed by atoms with Crippen molar-refractivity contribution in [2.24, 2.45) is 0 Å². The molecule has 5 heteroatoms. The fourth-order valence-corrected chi connectivity index (χ4v) is 3.51. The molecule has 2 heterocycles. The van der Waals surface area contributed by atoms with E-state index in [4.69, 9.17) is 9.72 Å². The first-order valence-corrected chi connectivity index (χ1v) is 9.14. The molecule has 3 aromatic rings. The van der Waals surface area contributed by atoms with E-state index in [1.165, 1.54) is 0 Å². The van der Waals surface area contributed by atoms with Crippen molar-refractivity contribution >= 4 is 16.9 Å². The summed E-state index contributed by atoms with van der Waals surface area (Å²) < 4.78 is 5.61. The fraction of sp³-hybridized carbons (Fsp3) is 0.333. The highest BCUT2D eigenvalue weighted by molar-refractivity contribution is 5.78. The Kier molecular flexibility index (Phi) is 4.97. The maximum atomic E-state index is 12.5. The molecule has 0 spiro atoms. The number of rotatable bonds is 5. The number of amides is 1. The van der Waals surface area contributed by atoms with Crippen LogP contribution in [0.15, 0.2) is 54.6 Å². The van der Waals surface area contributed by atoms with E-state index in [1.807, 2.05) is 59.5 Å². The summed E-state index contributed by atoms with van der Waals surface area (Å²) in [6, 6.07) is 18.0. The van der Waals surface area contributed by atoms with E-state index in [0.717, 1.165) is 41.8 Å².